The molecular weight excluding hydrogens is 405 g/mol. The SMILES string of the molecule is O=C(C=Cc1ccc(Cl)c(C(F)(F)F)c1)N1CCC(C(=O)N2CCCCC2)CC1. The molecule has 2 saturated heterocycles. The summed E-state index contributed by atoms with van der Waals surface area (Å²) in [7, 11) is 0. The second kappa shape index (κ2) is 9.20. The minimum absolute atomic E-state index is 0.0493. The smallest absolute Gasteiger partial charge is 0.342 e. The highest BCUT2D eigenvalue weighted by atomic mass is 35.5. The molecule has 1 aromatic rings. The van der Waals surface area contributed by atoms with Crippen LogP contribution in [0.25, 0.3) is 6.08 Å². The fraction of sp³-hybridized carbons (Fsp3) is 0.524. The molecule has 0 spiro atoms. The number of piperidine rings is 2. The average Bonchev–Trinajstić information content (AvgIpc) is 2.72. The molecule has 2 aliphatic rings. The maximum atomic E-state index is 12.9. The van der Waals surface area contributed by atoms with E-state index in [-0.39, 0.29) is 28.3 Å². The van der Waals surface area contributed by atoms with Gasteiger partial charge >= 0.3 is 6.18 Å². The number of carbonyl (C=O) groups is 2. The molecule has 0 aliphatic carbocycles. The number of rotatable bonds is 3. The summed E-state index contributed by atoms with van der Waals surface area (Å²) in [5.41, 5.74) is -0.670. The van der Waals surface area contributed by atoms with E-state index in [0.29, 0.717) is 25.9 Å². The van der Waals surface area contributed by atoms with Gasteiger partial charge in [-0.15, -0.1) is 0 Å². The van der Waals surface area contributed by atoms with Crippen molar-refractivity contribution in [2.75, 3.05) is 26.2 Å². The van der Waals surface area contributed by atoms with Gasteiger partial charge in [0.2, 0.25) is 11.8 Å². The van der Waals surface area contributed by atoms with Crippen molar-refractivity contribution in [2.45, 2.75) is 38.3 Å². The van der Waals surface area contributed by atoms with Gasteiger partial charge in [-0.3, -0.25) is 9.59 Å². The van der Waals surface area contributed by atoms with Crippen molar-refractivity contribution in [2.24, 2.45) is 5.92 Å². The fourth-order valence-electron chi connectivity index (χ4n) is 3.86. The van der Waals surface area contributed by atoms with Crippen LogP contribution in [-0.4, -0.2) is 47.8 Å². The van der Waals surface area contributed by atoms with Gasteiger partial charge in [0.1, 0.15) is 0 Å². The molecule has 29 heavy (non-hydrogen) atoms. The minimum atomic E-state index is -4.55. The molecule has 0 atom stereocenters. The summed E-state index contributed by atoms with van der Waals surface area (Å²) >= 11 is 5.61. The highest BCUT2D eigenvalue weighted by Gasteiger charge is 2.33. The minimum Gasteiger partial charge on any atom is -0.342 e. The second-order valence-corrected chi connectivity index (χ2v) is 7.96. The van der Waals surface area contributed by atoms with Crippen LogP contribution in [0.15, 0.2) is 24.3 Å². The molecule has 0 N–H and O–H groups in total. The van der Waals surface area contributed by atoms with E-state index in [0.717, 1.165) is 32.0 Å². The van der Waals surface area contributed by atoms with E-state index in [1.165, 1.54) is 30.7 Å². The number of halogens is 4. The van der Waals surface area contributed by atoms with Gasteiger partial charge < -0.3 is 9.80 Å². The summed E-state index contributed by atoms with van der Waals surface area (Å²) in [4.78, 5) is 28.6. The van der Waals surface area contributed by atoms with Crippen LogP contribution in [0.1, 0.15) is 43.2 Å². The zero-order chi connectivity index (χ0) is 21.0. The molecule has 2 amide bonds. The van der Waals surface area contributed by atoms with Crippen LogP contribution in [0, 0.1) is 5.92 Å². The molecule has 0 bridgehead atoms. The number of hydrogen-bond acceptors (Lipinski definition) is 2. The van der Waals surface area contributed by atoms with E-state index < -0.39 is 11.7 Å². The van der Waals surface area contributed by atoms with Crippen LogP contribution in [0.3, 0.4) is 0 Å². The Hall–Kier alpha value is -2.02. The maximum absolute atomic E-state index is 12.9. The summed E-state index contributed by atoms with van der Waals surface area (Å²) in [5.74, 6) is -0.127. The third kappa shape index (κ3) is 5.53. The Kier molecular flexibility index (Phi) is 6.88. The van der Waals surface area contributed by atoms with Gasteiger partial charge in [0, 0.05) is 38.2 Å². The predicted molar refractivity (Wildman–Crippen MR) is 105 cm³/mol. The molecule has 2 fully saturated rings. The van der Waals surface area contributed by atoms with Crippen molar-refractivity contribution in [3.63, 3.8) is 0 Å². The number of nitrogens with zero attached hydrogens (tertiary/aromatic N) is 2. The Morgan fingerprint density at radius 1 is 1.00 bits per heavy atom. The average molecular weight is 429 g/mol. The summed E-state index contributed by atoms with van der Waals surface area (Å²) in [6, 6.07) is 3.53. The van der Waals surface area contributed by atoms with Crippen LogP contribution in [0.5, 0.6) is 0 Å². The Morgan fingerprint density at radius 3 is 2.28 bits per heavy atom. The van der Waals surface area contributed by atoms with Gasteiger partial charge in [-0.2, -0.15) is 13.2 Å². The van der Waals surface area contributed by atoms with E-state index in [1.807, 2.05) is 4.90 Å². The third-order valence-electron chi connectivity index (χ3n) is 5.54. The molecule has 158 valence electrons. The number of hydrogen-bond donors (Lipinski definition) is 0. The first-order valence-corrected chi connectivity index (χ1v) is 10.3. The summed E-state index contributed by atoms with van der Waals surface area (Å²) in [5, 5.41) is -0.374. The third-order valence-corrected chi connectivity index (χ3v) is 5.87. The first-order valence-electron chi connectivity index (χ1n) is 9.88. The number of amides is 2. The van der Waals surface area contributed by atoms with Gasteiger partial charge in [-0.1, -0.05) is 17.7 Å². The topological polar surface area (TPSA) is 40.6 Å². The molecule has 0 unspecified atom stereocenters. The van der Waals surface area contributed by atoms with E-state index in [4.69, 9.17) is 11.6 Å². The number of likely N-dealkylation sites (tertiary alicyclic amines) is 2. The van der Waals surface area contributed by atoms with Crippen LogP contribution < -0.4 is 0 Å². The molecule has 2 heterocycles. The Bertz CT molecular complexity index is 781. The molecule has 3 rings (SSSR count). The largest absolute Gasteiger partial charge is 0.417 e. The second-order valence-electron chi connectivity index (χ2n) is 7.56. The first kappa shape index (κ1) is 21.7. The summed E-state index contributed by atoms with van der Waals surface area (Å²) in [6.07, 6.45) is 2.59. The fourth-order valence-corrected chi connectivity index (χ4v) is 4.08. The number of benzene rings is 1. The van der Waals surface area contributed by atoms with Crippen LogP contribution in [-0.2, 0) is 15.8 Å². The van der Waals surface area contributed by atoms with Gasteiger partial charge in [-0.05, 0) is 55.9 Å². The van der Waals surface area contributed by atoms with Gasteiger partial charge in [0.25, 0.3) is 0 Å². The van der Waals surface area contributed by atoms with Crippen LogP contribution in [0.4, 0.5) is 13.2 Å². The van der Waals surface area contributed by atoms with E-state index in [2.05, 4.69) is 0 Å². The number of carbonyl (C=O) groups excluding carboxylic acids is 2. The molecule has 0 aromatic heterocycles. The predicted octanol–water partition coefficient (Wildman–Crippen LogP) is 4.62. The van der Waals surface area contributed by atoms with Gasteiger partial charge in [0.15, 0.2) is 0 Å². The number of alkyl halides is 3. The summed E-state index contributed by atoms with van der Waals surface area (Å²) < 4.78 is 38.8. The van der Waals surface area contributed by atoms with E-state index >= 15 is 0 Å². The molecule has 0 radical (unpaired) electrons. The highest BCUT2D eigenvalue weighted by molar-refractivity contribution is 6.31. The highest BCUT2D eigenvalue weighted by Crippen LogP contribution is 2.35. The first-order chi connectivity index (χ1) is 13.8. The van der Waals surface area contributed by atoms with E-state index in [1.54, 1.807) is 4.90 Å². The molecular formula is C21H24ClF3N2O2. The van der Waals surface area contributed by atoms with Crippen molar-refractivity contribution in [1.82, 2.24) is 9.80 Å². The lowest BCUT2D eigenvalue weighted by Crippen LogP contribution is -2.45. The molecule has 8 heteroatoms. The van der Waals surface area contributed by atoms with Gasteiger partial charge in [0.05, 0.1) is 10.6 Å². The normalized spacial score (nSPS) is 19.0. The summed E-state index contributed by atoms with van der Waals surface area (Å²) in [6.45, 7) is 2.59. The lowest BCUT2D eigenvalue weighted by molar-refractivity contribution is -0.140. The zero-order valence-corrected chi connectivity index (χ0v) is 16.8. The molecule has 2 aliphatic heterocycles. The van der Waals surface area contributed by atoms with Crippen molar-refractivity contribution in [3.8, 4) is 0 Å². The Morgan fingerprint density at radius 2 is 1.66 bits per heavy atom. The monoisotopic (exact) mass is 428 g/mol. The van der Waals surface area contributed by atoms with Crippen LogP contribution >= 0.6 is 11.6 Å². The molecule has 1 aromatic carbocycles. The van der Waals surface area contributed by atoms with E-state index in [9.17, 15) is 22.8 Å². The maximum Gasteiger partial charge on any atom is 0.417 e. The zero-order valence-electron chi connectivity index (χ0n) is 16.1. The standard InChI is InChI=1S/C21H24ClF3N2O2/c22-18-6-4-15(14-17(18)21(23,24)25)5-7-19(28)26-12-8-16(9-13-26)20(29)27-10-2-1-3-11-27/h4-7,14,16H,1-3,8-13H2. The van der Waals surface area contributed by atoms with Crippen molar-refractivity contribution in [3.05, 3.63) is 40.4 Å². The Balaban J connectivity index is 1.55. The van der Waals surface area contributed by atoms with Gasteiger partial charge in [-0.25, -0.2) is 0 Å². The quantitative estimate of drug-likeness (QED) is 0.659. The molecule has 4 nitrogen and oxygen atoms in total. The lowest BCUT2D eigenvalue weighted by Gasteiger charge is -2.35. The van der Waals surface area contributed by atoms with Crippen LogP contribution in [0.2, 0.25) is 5.02 Å². The van der Waals surface area contributed by atoms with Crippen molar-refractivity contribution >= 4 is 29.5 Å². The van der Waals surface area contributed by atoms with Crippen molar-refractivity contribution < 1.29 is 22.8 Å². The lowest BCUT2D eigenvalue weighted by atomic mass is 9.94. The molecule has 0 saturated carbocycles. The van der Waals surface area contributed by atoms with Crippen molar-refractivity contribution in [1.29, 1.82) is 0 Å². The Labute approximate surface area is 173 Å².